The standard InChI is InChI=1S/C17H29NO2/c1-3-4-5-6-7-8-9-10-11-15-12-13-17(20)16(14-19)18(15)2/h6-11,15-17,19-20H,3-5,12-14H2,1-2H3/b7-6+,9-8+,11-10+/t15-,16+,17-/m1/s1. The van der Waals surface area contributed by atoms with Crippen LogP contribution in [0.2, 0.25) is 0 Å². The van der Waals surface area contributed by atoms with Gasteiger partial charge in [0.2, 0.25) is 0 Å². The second kappa shape index (κ2) is 9.92. The van der Waals surface area contributed by atoms with Gasteiger partial charge in [-0.1, -0.05) is 56.2 Å². The molecule has 3 nitrogen and oxygen atoms in total. The molecular formula is C17H29NO2. The molecule has 0 amide bonds. The van der Waals surface area contributed by atoms with Gasteiger partial charge in [0.25, 0.3) is 0 Å². The lowest BCUT2D eigenvalue weighted by molar-refractivity contribution is -0.0194. The molecule has 0 aromatic carbocycles. The Morgan fingerprint density at radius 3 is 2.60 bits per heavy atom. The van der Waals surface area contributed by atoms with Gasteiger partial charge in [-0.3, -0.25) is 4.90 Å². The number of allylic oxidation sites excluding steroid dienone is 5. The third kappa shape index (κ3) is 5.61. The Kier molecular flexibility index (Phi) is 8.51. The number of unbranched alkanes of at least 4 members (excludes halogenated alkanes) is 2. The molecule has 1 aliphatic heterocycles. The van der Waals surface area contributed by atoms with Crippen LogP contribution in [0.25, 0.3) is 0 Å². The number of hydrogen-bond donors (Lipinski definition) is 2. The Balaban J connectivity index is 2.38. The smallest absolute Gasteiger partial charge is 0.0718 e. The second-order valence-electron chi connectivity index (χ2n) is 5.47. The summed E-state index contributed by atoms with van der Waals surface area (Å²) in [6.45, 7) is 2.21. The molecule has 0 unspecified atom stereocenters. The third-order valence-corrected chi connectivity index (χ3v) is 3.96. The molecule has 1 rings (SSSR count). The molecule has 3 heteroatoms. The van der Waals surface area contributed by atoms with Gasteiger partial charge < -0.3 is 10.2 Å². The minimum atomic E-state index is -0.410. The van der Waals surface area contributed by atoms with Crippen LogP contribution in [0.3, 0.4) is 0 Å². The normalized spacial score (nSPS) is 29.1. The molecule has 114 valence electrons. The summed E-state index contributed by atoms with van der Waals surface area (Å²) in [5, 5.41) is 19.1. The Morgan fingerprint density at radius 1 is 1.15 bits per heavy atom. The monoisotopic (exact) mass is 279 g/mol. The van der Waals surface area contributed by atoms with Crippen molar-refractivity contribution in [2.45, 2.75) is 57.2 Å². The summed E-state index contributed by atoms with van der Waals surface area (Å²) in [4.78, 5) is 2.07. The van der Waals surface area contributed by atoms with E-state index in [1.54, 1.807) is 0 Å². The van der Waals surface area contributed by atoms with Gasteiger partial charge in [0.1, 0.15) is 0 Å². The van der Waals surface area contributed by atoms with E-state index in [9.17, 15) is 10.2 Å². The van der Waals surface area contributed by atoms with Gasteiger partial charge >= 0.3 is 0 Å². The van der Waals surface area contributed by atoms with Crippen LogP contribution in [0.1, 0.15) is 39.0 Å². The summed E-state index contributed by atoms with van der Waals surface area (Å²) in [6, 6.07) is 0.153. The predicted molar refractivity (Wildman–Crippen MR) is 84.6 cm³/mol. The highest BCUT2D eigenvalue weighted by Crippen LogP contribution is 2.22. The Labute approximate surface area is 123 Å². The van der Waals surface area contributed by atoms with E-state index in [-0.39, 0.29) is 12.6 Å². The van der Waals surface area contributed by atoms with Crippen molar-refractivity contribution in [1.29, 1.82) is 0 Å². The van der Waals surface area contributed by atoms with E-state index in [0.717, 1.165) is 19.3 Å². The van der Waals surface area contributed by atoms with Gasteiger partial charge in [0.05, 0.1) is 18.8 Å². The zero-order valence-electron chi connectivity index (χ0n) is 12.8. The Bertz CT molecular complexity index is 336. The quantitative estimate of drug-likeness (QED) is 0.556. The highest BCUT2D eigenvalue weighted by molar-refractivity contribution is 5.13. The summed E-state index contributed by atoms with van der Waals surface area (Å²) in [6.07, 6.45) is 17.5. The number of nitrogens with zero attached hydrogens (tertiary/aromatic N) is 1. The van der Waals surface area contributed by atoms with Gasteiger partial charge in [0.15, 0.2) is 0 Å². The SMILES string of the molecule is CCCC/C=C/C=C/C=C/[C@@H]1CC[C@@H](O)[C@H](CO)N1C. The van der Waals surface area contributed by atoms with E-state index in [2.05, 4.69) is 36.1 Å². The van der Waals surface area contributed by atoms with Gasteiger partial charge in [-0.15, -0.1) is 0 Å². The maximum absolute atomic E-state index is 9.82. The summed E-state index contributed by atoms with van der Waals surface area (Å²) in [5.74, 6) is 0. The van der Waals surface area contributed by atoms with Gasteiger partial charge in [0, 0.05) is 6.04 Å². The van der Waals surface area contributed by atoms with Crippen LogP contribution in [0.15, 0.2) is 36.5 Å². The van der Waals surface area contributed by atoms with Gasteiger partial charge in [-0.25, -0.2) is 0 Å². The van der Waals surface area contributed by atoms with Crippen molar-refractivity contribution >= 4 is 0 Å². The number of piperidine rings is 1. The number of aliphatic hydroxyl groups excluding tert-OH is 2. The lowest BCUT2D eigenvalue weighted by Crippen LogP contribution is -2.52. The van der Waals surface area contributed by atoms with Crippen molar-refractivity contribution in [3.63, 3.8) is 0 Å². The zero-order chi connectivity index (χ0) is 14.8. The van der Waals surface area contributed by atoms with Crippen molar-refractivity contribution in [3.8, 4) is 0 Å². The molecule has 0 aromatic rings. The number of aliphatic hydroxyl groups is 2. The lowest BCUT2D eigenvalue weighted by Gasteiger charge is -2.40. The van der Waals surface area contributed by atoms with E-state index >= 15 is 0 Å². The first-order chi connectivity index (χ1) is 9.70. The molecule has 0 spiro atoms. The Morgan fingerprint density at radius 2 is 1.90 bits per heavy atom. The average molecular weight is 279 g/mol. The molecule has 0 saturated carbocycles. The van der Waals surface area contributed by atoms with Crippen LogP contribution in [0, 0.1) is 0 Å². The van der Waals surface area contributed by atoms with E-state index in [0.29, 0.717) is 6.04 Å². The molecular weight excluding hydrogens is 250 g/mol. The summed E-state index contributed by atoms with van der Waals surface area (Å²) < 4.78 is 0. The molecule has 1 aliphatic rings. The lowest BCUT2D eigenvalue weighted by atomic mass is 9.93. The van der Waals surface area contributed by atoms with Crippen LogP contribution < -0.4 is 0 Å². The van der Waals surface area contributed by atoms with Gasteiger partial charge in [-0.2, -0.15) is 0 Å². The van der Waals surface area contributed by atoms with Crippen molar-refractivity contribution in [3.05, 3.63) is 36.5 Å². The number of rotatable bonds is 7. The second-order valence-corrected chi connectivity index (χ2v) is 5.47. The van der Waals surface area contributed by atoms with Crippen LogP contribution in [0.5, 0.6) is 0 Å². The third-order valence-electron chi connectivity index (χ3n) is 3.96. The first-order valence-electron chi connectivity index (χ1n) is 7.71. The maximum Gasteiger partial charge on any atom is 0.0718 e. The first kappa shape index (κ1) is 17.2. The van der Waals surface area contributed by atoms with E-state index in [1.165, 1.54) is 12.8 Å². The van der Waals surface area contributed by atoms with Crippen LogP contribution >= 0.6 is 0 Å². The average Bonchev–Trinajstić information content (AvgIpc) is 2.44. The molecule has 1 saturated heterocycles. The predicted octanol–water partition coefficient (Wildman–Crippen LogP) is 2.66. The topological polar surface area (TPSA) is 43.7 Å². The van der Waals surface area contributed by atoms with Crippen molar-refractivity contribution < 1.29 is 10.2 Å². The molecule has 1 fully saturated rings. The number of likely N-dealkylation sites (tertiary alicyclic amines) is 1. The van der Waals surface area contributed by atoms with E-state index in [4.69, 9.17) is 0 Å². The van der Waals surface area contributed by atoms with Crippen LogP contribution in [-0.2, 0) is 0 Å². The minimum absolute atomic E-state index is 0.0119. The molecule has 0 aromatic heterocycles. The number of likely N-dealkylation sites (N-methyl/N-ethyl adjacent to an activating group) is 1. The fraction of sp³-hybridized carbons (Fsp3) is 0.647. The first-order valence-corrected chi connectivity index (χ1v) is 7.71. The van der Waals surface area contributed by atoms with Crippen molar-refractivity contribution in [1.82, 2.24) is 4.90 Å². The molecule has 2 N–H and O–H groups in total. The molecule has 0 aliphatic carbocycles. The van der Waals surface area contributed by atoms with Crippen molar-refractivity contribution in [2.75, 3.05) is 13.7 Å². The fourth-order valence-electron chi connectivity index (χ4n) is 2.55. The summed E-state index contributed by atoms with van der Waals surface area (Å²) in [5.41, 5.74) is 0. The van der Waals surface area contributed by atoms with Crippen molar-refractivity contribution in [2.24, 2.45) is 0 Å². The van der Waals surface area contributed by atoms with Crippen LogP contribution in [0.4, 0.5) is 0 Å². The number of hydrogen-bond acceptors (Lipinski definition) is 3. The zero-order valence-corrected chi connectivity index (χ0v) is 12.8. The Hall–Kier alpha value is -0.900. The summed E-state index contributed by atoms with van der Waals surface area (Å²) >= 11 is 0. The molecule has 3 atom stereocenters. The molecule has 0 bridgehead atoms. The molecule has 20 heavy (non-hydrogen) atoms. The highest BCUT2D eigenvalue weighted by atomic mass is 16.3. The fourth-order valence-corrected chi connectivity index (χ4v) is 2.55. The molecule has 1 heterocycles. The van der Waals surface area contributed by atoms with Crippen LogP contribution in [-0.4, -0.2) is 47.0 Å². The van der Waals surface area contributed by atoms with E-state index in [1.807, 2.05) is 19.2 Å². The largest absolute Gasteiger partial charge is 0.395 e. The summed E-state index contributed by atoms with van der Waals surface area (Å²) in [7, 11) is 1.96. The highest BCUT2D eigenvalue weighted by Gasteiger charge is 2.31. The minimum Gasteiger partial charge on any atom is -0.395 e. The van der Waals surface area contributed by atoms with Gasteiger partial charge in [-0.05, 0) is 26.3 Å². The van der Waals surface area contributed by atoms with E-state index < -0.39 is 6.10 Å². The maximum atomic E-state index is 9.82. The molecule has 0 radical (unpaired) electrons.